The molecule has 0 radical (unpaired) electrons. The Bertz CT molecular complexity index is 969. The highest BCUT2D eigenvalue weighted by molar-refractivity contribution is 9.10. The molecule has 0 aromatic heterocycles. The van der Waals surface area contributed by atoms with E-state index in [0.717, 1.165) is 41.9 Å². The second-order valence-corrected chi connectivity index (χ2v) is 10.4. The van der Waals surface area contributed by atoms with Crippen LogP contribution in [0, 0.1) is 6.92 Å². The molecule has 2 aromatic rings. The van der Waals surface area contributed by atoms with Gasteiger partial charge >= 0.3 is 0 Å². The fourth-order valence-corrected chi connectivity index (χ4v) is 4.75. The van der Waals surface area contributed by atoms with Crippen LogP contribution in [-0.2, 0) is 14.6 Å². The van der Waals surface area contributed by atoms with Gasteiger partial charge in [-0.25, -0.2) is 8.42 Å². The summed E-state index contributed by atoms with van der Waals surface area (Å²) in [6.07, 6.45) is -0.0853. The molecule has 0 aliphatic carbocycles. The van der Waals surface area contributed by atoms with Gasteiger partial charge in [0.2, 0.25) is 5.91 Å². The van der Waals surface area contributed by atoms with Crippen molar-refractivity contribution in [1.29, 1.82) is 0 Å². The van der Waals surface area contributed by atoms with Crippen molar-refractivity contribution in [3.05, 3.63) is 52.5 Å². The zero-order valence-electron chi connectivity index (χ0n) is 16.7. The van der Waals surface area contributed by atoms with Gasteiger partial charge in [0.05, 0.1) is 10.6 Å². The number of rotatable bonds is 6. The van der Waals surface area contributed by atoms with Crippen molar-refractivity contribution < 1.29 is 13.2 Å². The number of aryl methyl sites for hydroxylation is 1. The van der Waals surface area contributed by atoms with E-state index in [9.17, 15) is 13.2 Å². The van der Waals surface area contributed by atoms with E-state index >= 15 is 0 Å². The third kappa shape index (κ3) is 5.81. The van der Waals surface area contributed by atoms with E-state index in [2.05, 4.69) is 44.2 Å². The molecule has 6 nitrogen and oxygen atoms in total. The van der Waals surface area contributed by atoms with Crippen molar-refractivity contribution in [1.82, 2.24) is 4.90 Å². The fraction of sp³-hybridized carbons (Fsp3) is 0.381. The van der Waals surface area contributed by atoms with E-state index in [-0.39, 0.29) is 23.0 Å². The fourth-order valence-electron chi connectivity index (χ4n) is 3.25. The number of anilines is 2. The number of amides is 1. The van der Waals surface area contributed by atoms with Gasteiger partial charge in [-0.3, -0.25) is 4.79 Å². The van der Waals surface area contributed by atoms with Crippen LogP contribution in [-0.4, -0.2) is 58.2 Å². The number of likely N-dealkylation sites (N-methyl/N-ethyl adjacent to an activating group) is 1. The predicted molar refractivity (Wildman–Crippen MR) is 120 cm³/mol. The summed E-state index contributed by atoms with van der Waals surface area (Å²) >= 11 is 3.29. The Labute approximate surface area is 180 Å². The van der Waals surface area contributed by atoms with Crippen LogP contribution in [0.3, 0.4) is 0 Å². The maximum atomic E-state index is 12.4. The van der Waals surface area contributed by atoms with Gasteiger partial charge in [-0.2, -0.15) is 0 Å². The van der Waals surface area contributed by atoms with Gasteiger partial charge < -0.3 is 15.1 Å². The molecule has 1 amide bonds. The summed E-state index contributed by atoms with van der Waals surface area (Å²) in [5, 5.41) is 2.84. The molecule has 0 bridgehead atoms. The summed E-state index contributed by atoms with van der Waals surface area (Å²) in [4.78, 5) is 17.2. The normalized spacial score (nSPS) is 15.3. The predicted octanol–water partition coefficient (Wildman–Crippen LogP) is 3.31. The second kappa shape index (κ2) is 9.28. The number of hydrogen-bond acceptors (Lipinski definition) is 5. The first kappa shape index (κ1) is 21.8. The van der Waals surface area contributed by atoms with Crippen LogP contribution >= 0.6 is 15.9 Å². The first-order valence-corrected chi connectivity index (χ1v) is 12.0. The molecular weight excluding hydrogens is 454 g/mol. The quantitative estimate of drug-likeness (QED) is 0.687. The van der Waals surface area contributed by atoms with Gasteiger partial charge in [0.1, 0.15) is 0 Å². The van der Waals surface area contributed by atoms with Gasteiger partial charge in [-0.1, -0.05) is 15.9 Å². The number of carbonyl (C=O) groups is 1. The highest BCUT2D eigenvalue weighted by Crippen LogP contribution is 2.24. The largest absolute Gasteiger partial charge is 0.369 e. The Hall–Kier alpha value is -1.90. The average Bonchev–Trinajstić information content (AvgIpc) is 2.69. The van der Waals surface area contributed by atoms with Crippen LogP contribution < -0.4 is 10.2 Å². The molecule has 1 heterocycles. The molecule has 1 aliphatic rings. The maximum absolute atomic E-state index is 12.4. The number of nitrogens with zero attached hydrogens (tertiary/aromatic N) is 2. The molecule has 0 atom stereocenters. The summed E-state index contributed by atoms with van der Waals surface area (Å²) in [6.45, 7) is 5.98. The Morgan fingerprint density at radius 2 is 1.72 bits per heavy atom. The maximum Gasteiger partial charge on any atom is 0.225 e. The summed E-state index contributed by atoms with van der Waals surface area (Å²) < 4.78 is 25.6. The van der Waals surface area contributed by atoms with E-state index in [1.807, 2.05) is 19.1 Å². The summed E-state index contributed by atoms with van der Waals surface area (Å²) in [5.41, 5.74) is 2.82. The zero-order chi connectivity index (χ0) is 21.0. The zero-order valence-corrected chi connectivity index (χ0v) is 19.1. The third-order valence-electron chi connectivity index (χ3n) is 5.12. The Kier molecular flexibility index (Phi) is 6.97. The molecule has 0 unspecified atom stereocenters. The molecule has 1 fully saturated rings. The molecule has 2 aromatic carbocycles. The van der Waals surface area contributed by atoms with Gasteiger partial charge in [0, 0.05) is 48.4 Å². The van der Waals surface area contributed by atoms with Gasteiger partial charge in [0.15, 0.2) is 9.84 Å². The van der Waals surface area contributed by atoms with E-state index < -0.39 is 9.84 Å². The smallest absolute Gasteiger partial charge is 0.225 e. The molecule has 29 heavy (non-hydrogen) atoms. The molecule has 156 valence electrons. The van der Waals surface area contributed by atoms with Crippen molar-refractivity contribution in [2.45, 2.75) is 18.2 Å². The highest BCUT2D eigenvalue weighted by Gasteiger charge is 2.18. The number of carbonyl (C=O) groups excluding carboxylic acids is 1. The van der Waals surface area contributed by atoms with Crippen LogP contribution in [0.1, 0.15) is 12.0 Å². The first-order chi connectivity index (χ1) is 13.7. The SMILES string of the molecule is Cc1cc(N2CCN(C)CC2)ccc1NC(=O)CCS(=O)(=O)c1ccc(Br)cc1. The Morgan fingerprint density at radius 3 is 2.34 bits per heavy atom. The highest BCUT2D eigenvalue weighted by atomic mass is 79.9. The standard InChI is InChI=1S/C21H26BrN3O3S/c1-16-15-18(25-12-10-24(2)11-13-25)5-8-20(16)23-21(26)9-14-29(27,28)19-6-3-17(22)4-7-19/h3-8,15H,9-14H2,1-2H3,(H,23,26). The van der Waals surface area contributed by atoms with E-state index in [1.165, 1.54) is 0 Å². The Balaban J connectivity index is 1.58. The molecule has 0 saturated carbocycles. The van der Waals surface area contributed by atoms with Gasteiger partial charge in [0.25, 0.3) is 0 Å². The van der Waals surface area contributed by atoms with E-state index in [4.69, 9.17) is 0 Å². The molecule has 1 aliphatic heterocycles. The molecular formula is C21H26BrN3O3S. The number of hydrogen-bond donors (Lipinski definition) is 1. The molecule has 8 heteroatoms. The lowest BCUT2D eigenvalue weighted by molar-refractivity contribution is -0.115. The lowest BCUT2D eigenvalue weighted by atomic mass is 10.1. The summed E-state index contributed by atoms with van der Waals surface area (Å²) in [5.74, 6) is -0.528. The number of nitrogens with one attached hydrogen (secondary N) is 1. The third-order valence-corrected chi connectivity index (χ3v) is 7.38. The van der Waals surface area contributed by atoms with E-state index in [1.54, 1.807) is 24.3 Å². The van der Waals surface area contributed by atoms with Crippen LogP contribution in [0.2, 0.25) is 0 Å². The average molecular weight is 480 g/mol. The lowest BCUT2D eigenvalue weighted by Gasteiger charge is -2.34. The first-order valence-electron chi connectivity index (χ1n) is 9.57. The minimum atomic E-state index is -3.49. The Morgan fingerprint density at radius 1 is 1.07 bits per heavy atom. The molecule has 3 rings (SSSR count). The number of halogens is 1. The van der Waals surface area contributed by atoms with Gasteiger partial charge in [-0.05, 0) is 62.0 Å². The van der Waals surface area contributed by atoms with Crippen LogP contribution in [0.15, 0.2) is 51.8 Å². The minimum absolute atomic E-state index is 0.0853. The van der Waals surface area contributed by atoms with Crippen molar-refractivity contribution in [2.75, 3.05) is 49.2 Å². The minimum Gasteiger partial charge on any atom is -0.369 e. The van der Waals surface area contributed by atoms with Crippen LogP contribution in [0.5, 0.6) is 0 Å². The summed E-state index contributed by atoms with van der Waals surface area (Å²) in [7, 11) is -1.37. The number of piperazine rings is 1. The van der Waals surface area contributed by atoms with Crippen molar-refractivity contribution in [3.8, 4) is 0 Å². The van der Waals surface area contributed by atoms with E-state index in [0.29, 0.717) is 5.69 Å². The lowest BCUT2D eigenvalue weighted by Crippen LogP contribution is -2.44. The van der Waals surface area contributed by atoms with Crippen molar-refractivity contribution >= 4 is 43.0 Å². The summed E-state index contributed by atoms with van der Waals surface area (Å²) in [6, 6.07) is 12.4. The van der Waals surface area contributed by atoms with Gasteiger partial charge in [-0.15, -0.1) is 0 Å². The van der Waals surface area contributed by atoms with Crippen molar-refractivity contribution in [3.63, 3.8) is 0 Å². The molecule has 0 spiro atoms. The molecule has 1 saturated heterocycles. The monoisotopic (exact) mass is 479 g/mol. The number of sulfone groups is 1. The van der Waals surface area contributed by atoms with Crippen LogP contribution in [0.4, 0.5) is 11.4 Å². The molecule has 1 N–H and O–H groups in total. The second-order valence-electron chi connectivity index (χ2n) is 7.36. The van der Waals surface area contributed by atoms with Crippen LogP contribution in [0.25, 0.3) is 0 Å². The topological polar surface area (TPSA) is 69.7 Å². The number of benzene rings is 2. The van der Waals surface area contributed by atoms with Crippen molar-refractivity contribution in [2.24, 2.45) is 0 Å².